The molecule has 0 aromatic carbocycles. The van der Waals surface area contributed by atoms with Crippen molar-refractivity contribution in [2.75, 3.05) is 0 Å². The van der Waals surface area contributed by atoms with E-state index in [0.29, 0.717) is 0 Å². The molecule has 0 aromatic rings. The van der Waals surface area contributed by atoms with Crippen molar-refractivity contribution >= 4 is 0 Å². The molecule has 2 unspecified atom stereocenters. The lowest BCUT2D eigenvalue weighted by atomic mass is 9.83. The van der Waals surface area contributed by atoms with Gasteiger partial charge in [0.25, 0.3) is 0 Å². The summed E-state index contributed by atoms with van der Waals surface area (Å²) in [6.07, 6.45) is 8.78. The van der Waals surface area contributed by atoms with Crippen LogP contribution in [0.4, 0.5) is 0 Å². The Bertz CT molecular complexity index is 133. The highest BCUT2D eigenvalue weighted by Gasteiger charge is 2.14. The van der Waals surface area contributed by atoms with Crippen LogP contribution in [0.25, 0.3) is 0 Å². The zero-order chi connectivity index (χ0) is 8.27. The van der Waals surface area contributed by atoms with E-state index in [0.717, 1.165) is 17.8 Å². The molecule has 0 nitrogen and oxygen atoms in total. The van der Waals surface area contributed by atoms with Crippen LogP contribution in [0.2, 0.25) is 0 Å². The molecule has 0 heterocycles. The summed E-state index contributed by atoms with van der Waals surface area (Å²) in [5.74, 6) is 2.71. The highest BCUT2D eigenvalue weighted by Crippen LogP contribution is 2.27. The van der Waals surface area contributed by atoms with E-state index in [9.17, 15) is 0 Å². The van der Waals surface area contributed by atoms with Crippen LogP contribution >= 0.6 is 0 Å². The van der Waals surface area contributed by atoms with Crippen molar-refractivity contribution in [3.8, 4) is 0 Å². The van der Waals surface area contributed by atoms with E-state index in [2.05, 4.69) is 32.9 Å². The van der Waals surface area contributed by atoms with Crippen molar-refractivity contribution in [3.63, 3.8) is 0 Å². The predicted octanol–water partition coefficient (Wildman–Crippen LogP) is 3.63. The Morgan fingerprint density at radius 2 is 2.00 bits per heavy atom. The molecule has 0 spiro atoms. The molecule has 1 aliphatic rings. The third-order valence-corrected chi connectivity index (χ3v) is 2.43. The van der Waals surface area contributed by atoms with Crippen molar-refractivity contribution < 1.29 is 0 Å². The maximum absolute atomic E-state index is 2.38. The normalized spacial score (nSPS) is 25.3. The average Bonchev–Trinajstić information content (AvgIpc) is 1.77. The second-order valence-corrected chi connectivity index (χ2v) is 4.39. The summed E-state index contributed by atoms with van der Waals surface area (Å²) >= 11 is 0. The Kier molecular flexibility index (Phi) is 3.16. The fraction of sp³-hybridized carbons (Fsp3) is 0.818. The zero-order valence-electron chi connectivity index (χ0n) is 8.01. The molecule has 0 heteroatoms. The highest BCUT2D eigenvalue weighted by atomic mass is 14.2. The first-order chi connectivity index (χ1) is 5.18. The maximum atomic E-state index is 2.38. The number of hydrogen-bond donors (Lipinski definition) is 0. The lowest BCUT2D eigenvalue weighted by Crippen LogP contribution is -2.10. The van der Waals surface area contributed by atoms with Gasteiger partial charge in [0.2, 0.25) is 0 Å². The summed E-state index contributed by atoms with van der Waals surface area (Å²) < 4.78 is 0. The van der Waals surface area contributed by atoms with Gasteiger partial charge in [0.15, 0.2) is 0 Å². The zero-order valence-corrected chi connectivity index (χ0v) is 8.01. The standard InChI is InChI=1S/C11H20/c1-9(2)7-10(3)8-11-5-4-6-11/h4-5,9-11H,6-8H2,1-3H3. The Labute approximate surface area is 70.7 Å². The topological polar surface area (TPSA) is 0 Å². The van der Waals surface area contributed by atoms with Crippen molar-refractivity contribution in [2.45, 2.75) is 40.0 Å². The number of rotatable bonds is 4. The first kappa shape index (κ1) is 8.83. The van der Waals surface area contributed by atoms with E-state index in [4.69, 9.17) is 0 Å². The van der Waals surface area contributed by atoms with E-state index in [1.165, 1.54) is 19.3 Å². The minimum Gasteiger partial charge on any atom is -0.0877 e. The van der Waals surface area contributed by atoms with Crippen LogP contribution < -0.4 is 0 Å². The van der Waals surface area contributed by atoms with Crippen molar-refractivity contribution in [1.82, 2.24) is 0 Å². The monoisotopic (exact) mass is 152 g/mol. The third-order valence-electron chi connectivity index (χ3n) is 2.43. The molecule has 0 bridgehead atoms. The van der Waals surface area contributed by atoms with Crippen LogP contribution in [0.1, 0.15) is 40.0 Å². The molecular formula is C11H20. The predicted molar refractivity (Wildman–Crippen MR) is 50.5 cm³/mol. The van der Waals surface area contributed by atoms with Crippen LogP contribution in [0.5, 0.6) is 0 Å². The fourth-order valence-electron chi connectivity index (χ4n) is 1.92. The molecule has 0 aromatic heterocycles. The van der Waals surface area contributed by atoms with Crippen LogP contribution in [0.3, 0.4) is 0 Å². The molecular weight excluding hydrogens is 132 g/mol. The van der Waals surface area contributed by atoms with Gasteiger partial charge >= 0.3 is 0 Å². The van der Waals surface area contributed by atoms with Gasteiger partial charge in [0, 0.05) is 0 Å². The second-order valence-electron chi connectivity index (χ2n) is 4.39. The Morgan fingerprint density at radius 1 is 1.36 bits per heavy atom. The maximum Gasteiger partial charge on any atom is -0.0196 e. The number of hydrogen-bond acceptors (Lipinski definition) is 0. The van der Waals surface area contributed by atoms with E-state index in [1.807, 2.05) is 0 Å². The highest BCUT2D eigenvalue weighted by molar-refractivity contribution is 5.01. The summed E-state index contributed by atoms with van der Waals surface area (Å²) in [6, 6.07) is 0. The number of allylic oxidation sites excluding steroid dienone is 2. The Morgan fingerprint density at radius 3 is 2.36 bits per heavy atom. The van der Waals surface area contributed by atoms with E-state index in [1.54, 1.807) is 0 Å². The van der Waals surface area contributed by atoms with Gasteiger partial charge in [-0.15, -0.1) is 0 Å². The quantitative estimate of drug-likeness (QED) is 0.539. The van der Waals surface area contributed by atoms with Crippen molar-refractivity contribution in [3.05, 3.63) is 12.2 Å². The summed E-state index contributed by atoms with van der Waals surface area (Å²) in [5, 5.41) is 0. The first-order valence-electron chi connectivity index (χ1n) is 4.85. The molecule has 1 rings (SSSR count). The van der Waals surface area contributed by atoms with Gasteiger partial charge in [-0.2, -0.15) is 0 Å². The molecule has 2 atom stereocenters. The first-order valence-corrected chi connectivity index (χ1v) is 4.85. The molecule has 0 N–H and O–H groups in total. The molecule has 1 aliphatic carbocycles. The van der Waals surface area contributed by atoms with Gasteiger partial charge < -0.3 is 0 Å². The summed E-state index contributed by atoms with van der Waals surface area (Å²) in [6.45, 7) is 7.01. The lowest BCUT2D eigenvalue weighted by molar-refractivity contribution is 0.363. The van der Waals surface area contributed by atoms with Gasteiger partial charge in [-0.25, -0.2) is 0 Å². The molecule has 0 radical (unpaired) electrons. The fourth-order valence-corrected chi connectivity index (χ4v) is 1.92. The molecule has 0 aliphatic heterocycles. The van der Waals surface area contributed by atoms with Gasteiger partial charge in [0.05, 0.1) is 0 Å². The largest absolute Gasteiger partial charge is 0.0877 e. The van der Waals surface area contributed by atoms with E-state index >= 15 is 0 Å². The average molecular weight is 152 g/mol. The van der Waals surface area contributed by atoms with Crippen LogP contribution in [0.15, 0.2) is 12.2 Å². The van der Waals surface area contributed by atoms with Crippen LogP contribution in [0, 0.1) is 17.8 Å². The van der Waals surface area contributed by atoms with E-state index < -0.39 is 0 Å². The smallest absolute Gasteiger partial charge is 0.0196 e. The third kappa shape index (κ3) is 3.09. The van der Waals surface area contributed by atoms with Crippen molar-refractivity contribution in [2.24, 2.45) is 17.8 Å². The minimum atomic E-state index is 0.869. The van der Waals surface area contributed by atoms with Crippen molar-refractivity contribution in [1.29, 1.82) is 0 Å². The Balaban J connectivity index is 2.10. The van der Waals surface area contributed by atoms with Crippen LogP contribution in [-0.2, 0) is 0 Å². The van der Waals surface area contributed by atoms with E-state index in [-0.39, 0.29) is 0 Å². The second kappa shape index (κ2) is 3.94. The molecule has 0 fully saturated rings. The lowest BCUT2D eigenvalue weighted by Gasteiger charge is -2.22. The van der Waals surface area contributed by atoms with Crippen LogP contribution in [-0.4, -0.2) is 0 Å². The van der Waals surface area contributed by atoms with Gasteiger partial charge in [-0.05, 0) is 37.0 Å². The summed E-state index contributed by atoms with van der Waals surface area (Å²) in [4.78, 5) is 0. The summed E-state index contributed by atoms with van der Waals surface area (Å²) in [7, 11) is 0. The van der Waals surface area contributed by atoms with Gasteiger partial charge in [-0.3, -0.25) is 0 Å². The molecule has 11 heavy (non-hydrogen) atoms. The van der Waals surface area contributed by atoms with Gasteiger partial charge in [-0.1, -0.05) is 32.9 Å². The molecule has 0 amide bonds. The molecule has 0 saturated carbocycles. The summed E-state index contributed by atoms with van der Waals surface area (Å²) in [5.41, 5.74) is 0. The minimum absolute atomic E-state index is 0.869. The Hall–Kier alpha value is -0.260. The molecule has 0 saturated heterocycles. The van der Waals surface area contributed by atoms with Gasteiger partial charge in [0.1, 0.15) is 0 Å². The SMILES string of the molecule is CC(C)CC(C)CC1C=CC1. The molecule has 64 valence electrons.